The summed E-state index contributed by atoms with van der Waals surface area (Å²) < 4.78 is 18.6. The highest BCUT2D eigenvalue weighted by molar-refractivity contribution is 14.0. The molecular weight excluding hydrogens is 450 g/mol. The Morgan fingerprint density at radius 1 is 1.38 bits per heavy atom. The van der Waals surface area contributed by atoms with Crippen LogP contribution in [0, 0.1) is 11.7 Å². The summed E-state index contributed by atoms with van der Waals surface area (Å²) in [6.07, 6.45) is 2.56. The van der Waals surface area contributed by atoms with E-state index in [1.807, 2.05) is 0 Å². The van der Waals surface area contributed by atoms with Crippen LogP contribution in [0.2, 0.25) is 0 Å². The molecule has 2 N–H and O–H groups in total. The van der Waals surface area contributed by atoms with Crippen molar-refractivity contribution in [3.8, 4) is 5.75 Å². The second kappa shape index (κ2) is 11.9. The SMILES string of the molecule is CN=C(NCCOc1cccc(F)c1)N1CCC(CC(=O)NC)CC1.I. The first-order chi connectivity index (χ1) is 12.1. The number of carbonyl (C=O) groups is 1. The Hall–Kier alpha value is -1.58. The van der Waals surface area contributed by atoms with Gasteiger partial charge in [0.15, 0.2) is 5.96 Å². The van der Waals surface area contributed by atoms with Gasteiger partial charge in [0.1, 0.15) is 18.2 Å². The molecule has 1 saturated heterocycles. The average Bonchev–Trinajstić information content (AvgIpc) is 2.63. The molecule has 146 valence electrons. The first-order valence-electron chi connectivity index (χ1n) is 8.67. The van der Waals surface area contributed by atoms with Gasteiger partial charge in [-0.25, -0.2) is 4.39 Å². The average molecular weight is 478 g/mol. The van der Waals surface area contributed by atoms with Crippen molar-refractivity contribution in [1.82, 2.24) is 15.5 Å². The van der Waals surface area contributed by atoms with Gasteiger partial charge in [0.2, 0.25) is 5.91 Å². The number of rotatable bonds is 6. The minimum atomic E-state index is -0.305. The van der Waals surface area contributed by atoms with E-state index in [0.29, 0.717) is 31.2 Å². The molecule has 6 nitrogen and oxygen atoms in total. The van der Waals surface area contributed by atoms with E-state index in [-0.39, 0.29) is 35.7 Å². The number of carbonyl (C=O) groups excluding carboxylic acids is 1. The van der Waals surface area contributed by atoms with Crippen molar-refractivity contribution in [3.05, 3.63) is 30.1 Å². The van der Waals surface area contributed by atoms with E-state index in [1.54, 1.807) is 26.2 Å². The number of nitrogens with one attached hydrogen (secondary N) is 2. The molecule has 1 aliphatic heterocycles. The maximum Gasteiger partial charge on any atom is 0.220 e. The molecule has 26 heavy (non-hydrogen) atoms. The Balaban J connectivity index is 0.00000338. The highest BCUT2D eigenvalue weighted by Gasteiger charge is 2.22. The van der Waals surface area contributed by atoms with Crippen LogP contribution >= 0.6 is 24.0 Å². The van der Waals surface area contributed by atoms with Crippen LogP contribution in [0.4, 0.5) is 4.39 Å². The number of guanidine groups is 1. The Bertz CT molecular complexity index is 592. The molecule has 0 saturated carbocycles. The van der Waals surface area contributed by atoms with E-state index in [0.717, 1.165) is 31.9 Å². The van der Waals surface area contributed by atoms with Crippen LogP contribution in [0.25, 0.3) is 0 Å². The number of hydrogen-bond donors (Lipinski definition) is 2. The van der Waals surface area contributed by atoms with E-state index in [2.05, 4.69) is 20.5 Å². The summed E-state index contributed by atoms with van der Waals surface area (Å²) >= 11 is 0. The molecule has 1 heterocycles. The highest BCUT2D eigenvalue weighted by Crippen LogP contribution is 2.20. The number of piperidine rings is 1. The third kappa shape index (κ3) is 7.35. The zero-order valence-corrected chi connectivity index (χ0v) is 17.7. The fourth-order valence-corrected chi connectivity index (χ4v) is 2.93. The molecule has 0 bridgehead atoms. The largest absolute Gasteiger partial charge is 0.492 e. The molecule has 1 aliphatic rings. The van der Waals surface area contributed by atoms with Gasteiger partial charge in [-0.05, 0) is 30.9 Å². The third-order valence-electron chi connectivity index (χ3n) is 4.33. The number of ether oxygens (including phenoxy) is 1. The van der Waals surface area contributed by atoms with E-state index in [1.165, 1.54) is 12.1 Å². The van der Waals surface area contributed by atoms with Crippen LogP contribution in [0.1, 0.15) is 19.3 Å². The lowest BCUT2D eigenvalue weighted by Gasteiger charge is -2.34. The molecule has 0 radical (unpaired) electrons. The van der Waals surface area contributed by atoms with Gasteiger partial charge in [-0.2, -0.15) is 0 Å². The lowest BCUT2D eigenvalue weighted by Crippen LogP contribution is -2.46. The molecule has 0 aliphatic carbocycles. The first kappa shape index (κ1) is 22.5. The summed E-state index contributed by atoms with van der Waals surface area (Å²) in [6, 6.07) is 6.11. The molecule has 0 atom stereocenters. The Kier molecular flexibility index (Phi) is 10.3. The normalized spacial score (nSPS) is 15.2. The number of likely N-dealkylation sites (tertiary alicyclic amines) is 1. The highest BCUT2D eigenvalue weighted by atomic mass is 127. The van der Waals surface area contributed by atoms with Crippen LogP contribution in [-0.2, 0) is 4.79 Å². The summed E-state index contributed by atoms with van der Waals surface area (Å²) in [7, 11) is 3.43. The van der Waals surface area contributed by atoms with Gasteiger partial charge in [-0.3, -0.25) is 9.79 Å². The molecule has 0 spiro atoms. The smallest absolute Gasteiger partial charge is 0.220 e. The predicted octanol–water partition coefficient (Wildman–Crippen LogP) is 2.25. The Morgan fingerprint density at radius 3 is 2.73 bits per heavy atom. The van der Waals surface area contributed by atoms with Crippen molar-refractivity contribution in [3.63, 3.8) is 0 Å². The van der Waals surface area contributed by atoms with Crippen LogP contribution < -0.4 is 15.4 Å². The molecule has 1 aromatic carbocycles. The second-order valence-electron chi connectivity index (χ2n) is 6.09. The van der Waals surface area contributed by atoms with Gasteiger partial charge in [0.05, 0.1) is 6.54 Å². The predicted molar refractivity (Wildman–Crippen MR) is 112 cm³/mol. The second-order valence-corrected chi connectivity index (χ2v) is 6.09. The molecule has 1 fully saturated rings. The van der Waals surface area contributed by atoms with Crippen molar-refractivity contribution in [2.24, 2.45) is 10.9 Å². The summed E-state index contributed by atoms with van der Waals surface area (Å²) in [4.78, 5) is 18.0. The molecule has 0 unspecified atom stereocenters. The number of nitrogens with zero attached hydrogens (tertiary/aromatic N) is 2. The van der Waals surface area contributed by atoms with Crippen LogP contribution in [0.3, 0.4) is 0 Å². The standard InChI is InChI=1S/C18H27FN4O2.HI/c1-20-17(24)12-14-6-9-23(10-7-14)18(21-2)22-8-11-25-16-5-3-4-15(19)13-16;/h3-5,13-14H,6-12H2,1-2H3,(H,20,24)(H,21,22);1H. The minimum absolute atomic E-state index is 0. The van der Waals surface area contributed by atoms with Crippen LogP contribution in [0.15, 0.2) is 29.3 Å². The van der Waals surface area contributed by atoms with Gasteiger partial charge >= 0.3 is 0 Å². The van der Waals surface area contributed by atoms with Crippen molar-refractivity contribution < 1.29 is 13.9 Å². The summed E-state index contributed by atoms with van der Waals surface area (Å²) in [5.74, 6) is 1.59. The zero-order chi connectivity index (χ0) is 18.1. The molecule has 0 aromatic heterocycles. The van der Waals surface area contributed by atoms with E-state index >= 15 is 0 Å². The number of halogens is 2. The van der Waals surface area contributed by atoms with Crippen molar-refractivity contribution in [2.45, 2.75) is 19.3 Å². The van der Waals surface area contributed by atoms with Crippen molar-refractivity contribution >= 4 is 35.8 Å². The summed E-state index contributed by atoms with van der Waals surface area (Å²) in [5.41, 5.74) is 0. The van der Waals surface area contributed by atoms with E-state index in [9.17, 15) is 9.18 Å². The molecule has 1 aromatic rings. The quantitative estimate of drug-likeness (QED) is 0.285. The van der Waals surface area contributed by atoms with Crippen LogP contribution in [-0.4, -0.2) is 57.1 Å². The van der Waals surface area contributed by atoms with E-state index in [4.69, 9.17) is 4.74 Å². The minimum Gasteiger partial charge on any atom is -0.492 e. The third-order valence-corrected chi connectivity index (χ3v) is 4.33. The van der Waals surface area contributed by atoms with Gasteiger partial charge in [-0.1, -0.05) is 6.07 Å². The number of aliphatic imine (C=N–C) groups is 1. The lowest BCUT2D eigenvalue weighted by molar-refractivity contribution is -0.121. The van der Waals surface area contributed by atoms with Crippen molar-refractivity contribution in [2.75, 3.05) is 40.3 Å². The number of hydrogen-bond acceptors (Lipinski definition) is 3. The van der Waals surface area contributed by atoms with Gasteiger partial charge in [0.25, 0.3) is 0 Å². The van der Waals surface area contributed by atoms with Gasteiger partial charge in [-0.15, -0.1) is 24.0 Å². The van der Waals surface area contributed by atoms with E-state index < -0.39 is 0 Å². The number of amides is 1. The Labute approximate surface area is 171 Å². The summed E-state index contributed by atoms with van der Waals surface area (Å²) in [5, 5.41) is 5.95. The fraction of sp³-hybridized carbons (Fsp3) is 0.556. The topological polar surface area (TPSA) is 66.0 Å². The monoisotopic (exact) mass is 478 g/mol. The maximum absolute atomic E-state index is 13.1. The molecular formula is C18H28FIN4O2. The van der Waals surface area contributed by atoms with Crippen molar-refractivity contribution in [1.29, 1.82) is 0 Å². The zero-order valence-electron chi connectivity index (χ0n) is 15.3. The summed E-state index contributed by atoms with van der Waals surface area (Å²) in [6.45, 7) is 2.77. The first-order valence-corrected chi connectivity index (χ1v) is 8.67. The molecule has 1 amide bonds. The lowest BCUT2D eigenvalue weighted by atomic mass is 9.93. The number of benzene rings is 1. The van der Waals surface area contributed by atoms with Gasteiger partial charge in [0, 0.05) is 39.7 Å². The van der Waals surface area contributed by atoms with Crippen LogP contribution in [0.5, 0.6) is 5.75 Å². The maximum atomic E-state index is 13.1. The molecule has 2 rings (SSSR count). The Morgan fingerprint density at radius 2 is 2.12 bits per heavy atom. The van der Waals surface area contributed by atoms with Gasteiger partial charge < -0.3 is 20.3 Å². The molecule has 8 heteroatoms. The fourth-order valence-electron chi connectivity index (χ4n) is 2.93.